The van der Waals surface area contributed by atoms with E-state index in [0.29, 0.717) is 30.8 Å². The Kier molecular flexibility index (Phi) is 7.11. The second kappa shape index (κ2) is 9.81. The molecular weight excluding hydrogens is 430 g/mol. The van der Waals surface area contributed by atoms with Gasteiger partial charge in [0, 0.05) is 30.1 Å². The number of aryl methyl sites for hydroxylation is 1. The van der Waals surface area contributed by atoms with Gasteiger partial charge in [-0.25, -0.2) is 8.42 Å². The molecule has 4 rings (SSSR count). The molecule has 0 radical (unpaired) electrons. The summed E-state index contributed by atoms with van der Waals surface area (Å²) < 4.78 is 27.9. The van der Waals surface area contributed by atoms with E-state index in [1.165, 1.54) is 17.7 Å². The normalized spacial score (nSPS) is 19.4. The number of rotatable bonds is 7. The maximum atomic E-state index is 13.2. The van der Waals surface area contributed by atoms with E-state index in [9.17, 15) is 13.2 Å². The third-order valence-corrected chi connectivity index (χ3v) is 9.31. The predicted octanol–water partition coefficient (Wildman–Crippen LogP) is 3.80. The van der Waals surface area contributed by atoms with E-state index >= 15 is 0 Å². The average Bonchev–Trinajstić information content (AvgIpc) is 3.50. The zero-order valence-electron chi connectivity index (χ0n) is 18.0. The summed E-state index contributed by atoms with van der Waals surface area (Å²) >= 11 is 1.71. The highest BCUT2D eigenvalue weighted by molar-refractivity contribution is 7.89. The topological polar surface area (TPSA) is 69.7 Å². The van der Waals surface area contributed by atoms with Crippen LogP contribution in [0.3, 0.4) is 0 Å². The van der Waals surface area contributed by atoms with E-state index in [2.05, 4.69) is 21.7 Å². The maximum absolute atomic E-state index is 13.2. The molecule has 31 heavy (non-hydrogen) atoms. The third kappa shape index (κ3) is 5.03. The molecule has 1 atom stereocenters. The lowest BCUT2D eigenvalue weighted by Gasteiger charge is -2.27. The minimum Gasteiger partial charge on any atom is -0.350 e. The van der Waals surface area contributed by atoms with E-state index in [4.69, 9.17) is 0 Å². The smallest absolute Gasteiger partial charge is 0.251 e. The molecular formula is C23H31N3O3S2. The molecule has 0 bridgehead atoms. The third-order valence-electron chi connectivity index (χ3n) is 6.29. The summed E-state index contributed by atoms with van der Waals surface area (Å²) in [5, 5.41) is 5.13. The SMILES string of the molecule is Cc1ccc(C(=O)NCC(c2cccs2)N2CCCC2)cc1S(=O)(=O)N1CCCCC1. The van der Waals surface area contributed by atoms with Gasteiger partial charge in [0.05, 0.1) is 10.9 Å². The Bertz CT molecular complexity index is 993. The molecule has 2 saturated heterocycles. The first-order valence-corrected chi connectivity index (χ1v) is 13.5. The Morgan fingerprint density at radius 1 is 1.06 bits per heavy atom. The van der Waals surface area contributed by atoms with Gasteiger partial charge in [-0.05, 0) is 74.8 Å². The van der Waals surface area contributed by atoms with Crippen molar-refractivity contribution in [3.8, 4) is 0 Å². The lowest BCUT2D eigenvalue weighted by atomic mass is 10.1. The second-order valence-electron chi connectivity index (χ2n) is 8.43. The highest BCUT2D eigenvalue weighted by Gasteiger charge is 2.29. The number of carbonyl (C=O) groups excluding carboxylic acids is 1. The molecule has 3 heterocycles. The lowest BCUT2D eigenvalue weighted by molar-refractivity contribution is 0.0938. The number of hydrogen-bond acceptors (Lipinski definition) is 5. The van der Waals surface area contributed by atoms with Crippen LogP contribution in [0.4, 0.5) is 0 Å². The maximum Gasteiger partial charge on any atom is 0.251 e. The molecule has 0 saturated carbocycles. The number of nitrogens with zero attached hydrogens (tertiary/aromatic N) is 2. The number of thiophene rings is 1. The molecule has 168 valence electrons. The van der Waals surface area contributed by atoms with E-state index in [1.807, 2.05) is 6.07 Å². The molecule has 1 amide bonds. The molecule has 1 N–H and O–H groups in total. The van der Waals surface area contributed by atoms with E-state index < -0.39 is 10.0 Å². The van der Waals surface area contributed by atoms with Crippen LogP contribution >= 0.6 is 11.3 Å². The van der Waals surface area contributed by atoms with Gasteiger partial charge in [-0.2, -0.15) is 4.31 Å². The van der Waals surface area contributed by atoms with Gasteiger partial charge in [0.2, 0.25) is 10.0 Å². The van der Waals surface area contributed by atoms with Gasteiger partial charge >= 0.3 is 0 Å². The summed E-state index contributed by atoms with van der Waals surface area (Å²) in [6.45, 7) is 5.50. The minimum atomic E-state index is -3.58. The van der Waals surface area contributed by atoms with Crippen LogP contribution in [0.1, 0.15) is 58.9 Å². The van der Waals surface area contributed by atoms with Gasteiger partial charge in [0.1, 0.15) is 0 Å². The van der Waals surface area contributed by atoms with Gasteiger partial charge in [-0.1, -0.05) is 18.6 Å². The molecule has 1 aromatic carbocycles. The lowest BCUT2D eigenvalue weighted by Crippen LogP contribution is -2.37. The monoisotopic (exact) mass is 461 g/mol. The Labute approximate surface area is 189 Å². The molecule has 1 unspecified atom stereocenters. The fourth-order valence-electron chi connectivity index (χ4n) is 4.50. The first-order valence-electron chi connectivity index (χ1n) is 11.1. The van der Waals surface area contributed by atoms with Crippen LogP contribution < -0.4 is 5.32 Å². The summed E-state index contributed by atoms with van der Waals surface area (Å²) in [5.74, 6) is -0.226. The first kappa shape index (κ1) is 22.5. The number of hydrogen-bond donors (Lipinski definition) is 1. The Balaban J connectivity index is 1.50. The Morgan fingerprint density at radius 2 is 1.77 bits per heavy atom. The molecule has 8 heteroatoms. The van der Waals surface area contributed by atoms with Crippen LogP contribution in [0.25, 0.3) is 0 Å². The van der Waals surface area contributed by atoms with Gasteiger partial charge in [0.15, 0.2) is 0 Å². The van der Waals surface area contributed by atoms with Crippen molar-refractivity contribution < 1.29 is 13.2 Å². The van der Waals surface area contributed by atoms with E-state index in [0.717, 1.165) is 32.4 Å². The van der Waals surface area contributed by atoms with Crippen LogP contribution in [0, 0.1) is 6.92 Å². The number of carbonyl (C=O) groups is 1. The molecule has 2 aliphatic rings. The first-order chi connectivity index (χ1) is 15.0. The van der Waals surface area contributed by atoms with Crippen molar-refractivity contribution in [1.82, 2.24) is 14.5 Å². The molecule has 0 spiro atoms. The van der Waals surface area contributed by atoms with E-state index in [1.54, 1.807) is 40.8 Å². The van der Waals surface area contributed by atoms with Crippen LogP contribution in [0.15, 0.2) is 40.6 Å². The zero-order valence-corrected chi connectivity index (χ0v) is 19.7. The number of benzene rings is 1. The number of nitrogens with one attached hydrogen (secondary N) is 1. The van der Waals surface area contributed by atoms with Crippen molar-refractivity contribution in [2.24, 2.45) is 0 Å². The molecule has 2 aliphatic heterocycles. The van der Waals surface area contributed by atoms with E-state index in [-0.39, 0.29) is 16.8 Å². The molecule has 2 aromatic rings. The van der Waals surface area contributed by atoms with Crippen LogP contribution in [0.2, 0.25) is 0 Å². The van der Waals surface area contributed by atoms with Crippen molar-refractivity contribution in [3.05, 3.63) is 51.7 Å². The summed E-state index contributed by atoms with van der Waals surface area (Å²) in [5.41, 5.74) is 1.07. The fourth-order valence-corrected chi connectivity index (χ4v) is 7.13. The summed E-state index contributed by atoms with van der Waals surface area (Å²) in [4.78, 5) is 16.9. The fraction of sp³-hybridized carbons (Fsp3) is 0.522. The standard InChI is InChI=1S/C23H31N3O3S2/c1-18-9-10-19(16-22(18)31(28,29)26-13-3-2-4-14-26)23(27)24-17-20(21-8-7-15-30-21)25-11-5-6-12-25/h7-10,15-16,20H,2-6,11-14,17H2,1H3,(H,24,27). The number of amides is 1. The Morgan fingerprint density at radius 3 is 2.45 bits per heavy atom. The quantitative estimate of drug-likeness (QED) is 0.681. The molecule has 6 nitrogen and oxygen atoms in total. The second-order valence-corrected chi connectivity index (χ2v) is 11.3. The van der Waals surface area contributed by atoms with Crippen LogP contribution in [-0.4, -0.2) is 56.3 Å². The van der Waals surface area contributed by atoms with Crippen molar-refractivity contribution >= 4 is 27.3 Å². The van der Waals surface area contributed by atoms with Gasteiger partial charge in [-0.3, -0.25) is 9.69 Å². The number of piperidine rings is 1. The number of likely N-dealkylation sites (tertiary alicyclic amines) is 1. The number of sulfonamides is 1. The minimum absolute atomic E-state index is 0.161. The highest BCUT2D eigenvalue weighted by atomic mass is 32.2. The Hall–Kier alpha value is -1.74. The zero-order chi connectivity index (χ0) is 21.8. The van der Waals surface area contributed by atoms with Crippen molar-refractivity contribution in [3.63, 3.8) is 0 Å². The molecule has 2 fully saturated rings. The van der Waals surface area contributed by atoms with Crippen molar-refractivity contribution in [2.75, 3.05) is 32.7 Å². The van der Waals surface area contributed by atoms with Gasteiger partial charge in [-0.15, -0.1) is 11.3 Å². The highest BCUT2D eigenvalue weighted by Crippen LogP contribution is 2.28. The largest absolute Gasteiger partial charge is 0.350 e. The van der Waals surface area contributed by atoms with Gasteiger partial charge < -0.3 is 5.32 Å². The summed E-state index contributed by atoms with van der Waals surface area (Å²) in [7, 11) is -3.58. The summed E-state index contributed by atoms with van der Waals surface area (Å²) in [6.07, 6.45) is 5.21. The average molecular weight is 462 g/mol. The van der Waals surface area contributed by atoms with Crippen LogP contribution in [0.5, 0.6) is 0 Å². The van der Waals surface area contributed by atoms with Crippen molar-refractivity contribution in [2.45, 2.75) is 50.0 Å². The summed E-state index contributed by atoms with van der Waals surface area (Å²) in [6, 6.07) is 9.33. The van der Waals surface area contributed by atoms with Crippen molar-refractivity contribution in [1.29, 1.82) is 0 Å². The van der Waals surface area contributed by atoms with Crippen LogP contribution in [-0.2, 0) is 10.0 Å². The molecule has 1 aromatic heterocycles. The molecule has 0 aliphatic carbocycles. The van der Waals surface area contributed by atoms with Gasteiger partial charge in [0.25, 0.3) is 5.91 Å². The predicted molar refractivity (Wildman–Crippen MR) is 124 cm³/mol.